The molecular weight excluding hydrogens is 332 g/mol. The van der Waals surface area contributed by atoms with E-state index in [1.54, 1.807) is 53.7 Å². The standard InChI is InChI=1S/C17H16N8O/c1-23-13-9-21-17(22-16(13)25(10-14(23)26)11-2-3-11)24-7-6-20-15(24)12-8-18-4-5-19-12/h4-9,11H,2-3,10H2,1H3. The van der Waals surface area contributed by atoms with E-state index in [0.717, 1.165) is 24.3 Å². The van der Waals surface area contributed by atoms with E-state index >= 15 is 0 Å². The molecule has 26 heavy (non-hydrogen) atoms. The van der Waals surface area contributed by atoms with E-state index < -0.39 is 0 Å². The fourth-order valence-electron chi connectivity index (χ4n) is 3.14. The fraction of sp³-hybridized carbons (Fsp3) is 0.294. The van der Waals surface area contributed by atoms with Gasteiger partial charge in [0, 0.05) is 37.9 Å². The molecule has 1 aliphatic heterocycles. The van der Waals surface area contributed by atoms with E-state index in [1.807, 2.05) is 0 Å². The second kappa shape index (κ2) is 5.58. The molecule has 0 unspecified atom stereocenters. The van der Waals surface area contributed by atoms with Gasteiger partial charge in [-0.05, 0) is 12.8 Å². The van der Waals surface area contributed by atoms with E-state index in [1.165, 1.54) is 0 Å². The summed E-state index contributed by atoms with van der Waals surface area (Å²) in [5.74, 6) is 1.97. The number of nitrogens with zero attached hydrogens (tertiary/aromatic N) is 8. The van der Waals surface area contributed by atoms with Crippen molar-refractivity contribution in [3.8, 4) is 17.5 Å². The van der Waals surface area contributed by atoms with Crippen LogP contribution < -0.4 is 9.80 Å². The number of carbonyl (C=O) groups is 1. The summed E-state index contributed by atoms with van der Waals surface area (Å²) in [5.41, 5.74) is 1.38. The third-order valence-electron chi connectivity index (χ3n) is 4.69. The van der Waals surface area contributed by atoms with Crippen LogP contribution in [-0.2, 0) is 4.79 Å². The van der Waals surface area contributed by atoms with Crippen LogP contribution in [-0.4, -0.2) is 55.0 Å². The van der Waals surface area contributed by atoms with E-state index in [2.05, 4.69) is 24.8 Å². The second-order valence-electron chi connectivity index (χ2n) is 6.40. The van der Waals surface area contributed by atoms with Crippen molar-refractivity contribution in [3.63, 3.8) is 0 Å². The molecular formula is C17H16N8O. The maximum absolute atomic E-state index is 12.3. The molecule has 3 aromatic rings. The minimum absolute atomic E-state index is 0.0589. The van der Waals surface area contributed by atoms with Gasteiger partial charge in [0.05, 0.1) is 18.9 Å². The summed E-state index contributed by atoms with van der Waals surface area (Å²) in [6, 6.07) is 0.386. The van der Waals surface area contributed by atoms with Crippen LogP contribution in [0.3, 0.4) is 0 Å². The van der Waals surface area contributed by atoms with Crippen molar-refractivity contribution in [3.05, 3.63) is 37.2 Å². The number of aromatic nitrogens is 6. The summed E-state index contributed by atoms with van der Waals surface area (Å²) < 4.78 is 1.78. The van der Waals surface area contributed by atoms with E-state index in [0.29, 0.717) is 30.1 Å². The average molecular weight is 348 g/mol. The molecule has 130 valence electrons. The van der Waals surface area contributed by atoms with Gasteiger partial charge in [-0.2, -0.15) is 4.98 Å². The number of fused-ring (bicyclic) bond motifs is 1. The molecule has 5 rings (SSSR count). The van der Waals surface area contributed by atoms with Crippen LogP contribution in [0.4, 0.5) is 11.5 Å². The lowest BCUT2D eigenvalue weighted by atomic mass is 10.2. The van der Waals surface area contributed by atoms with E-state index in [-0.39, 0.29) is 5.91 Å². The number of anilines is 2. The molecule has 0 aromatic carbocycles. The number of likely N-dealkylation sites (N-methyl/N-ethyl adjacent to an activating group) is 1. The Bertz CT molecular complexity index is 981. The first kappa shape index (κ1) is 14.9. The maximum Gasteiger partial charge on any atom is 0.246 e. The number of rotatable bonds is 3. The number of hydrogen-bond donors (Lipinski definition) is 0. The lowest BCUT2D eigenvalue weighted by Gasteiger charge is -2.34. The Labute approximate surface area is 149 Å². The first-order chi connectivity index (χ1) is 12.7. The molecule has 1 aliphatic carbocycles. The van der Waals surface area contributed by atoms with Crippen LogP contribution in [0, 0.1) is 0 Å². The van der Waals surface area contributed by atoms with Gasteiger partial charge in [-0.25, -0.2) is 15.0 Å². The normalized spacial score (nSPS) is 16.7. The lowest BCUT2D eigenvalue weighted by molar-refractivity contribution is -0.117. The van der Waals surface area contributed by atoms with Gasteiger partial charge >= 0.3 is 0 Å². The topological polar surface area (TPSA) is 92.9 Å². The number of amides is 1. The van der Waals surface area contributed by atoms with Crippen molar-refractivity contribution in [2.75, 3.05) is 23.4 Å². The summed E-state index contributed by atoms with van der Waals surface area (Å²) in [7, 11) is 1.76. The van der Waals surface area contributed by atoms with Crippen LogP contribution >= 0.6 is 0 Å². The zero-order valence-corrected chi connectivity index (χ0v) is 14.1. The quantitative estimate of drug-likeness (QED) is 0.699. The average Bonchev–Trinajstić information content (AvgIpc) is 3.40. The molecule has 9 nitrogen and oxygen atoms in total. The monoisotopic (exact) mass is 348 g/mol. The van der Waals surface area contributed by atoms with Crippen molar-refractivity contribution < 1.29 is 4.79 Å². The lowest BCUT2D eigenvalue weighted by Crippen LogP contribution is -2.45. The molecule has 0 atom stereocenters. The van der Waals surface area contributed by atoms with Gasteiger partial charge in [0.1, 0.15) is 11.4 Å². The smallest absolute Gasteiger partial charge is 0.246 e. The third kappa shape index (κ3) is 2.32. The Kier molecular flexibility index (Phi) is 3.21. The summed E-state index contributed by atoms with van der Waals surface area (Å²) in [6.45, 7) is 0.353. The largest absolute Gasteiger partial charge is 0.342 e. The highest BCUT2D eigenvalue weighted by Gasteiger charge is 2.38. The highest BCUT2D eigenvalue weighted by atomic mass is 16.2. The van der Waals surface area contributed by atoms with Crippen LogP contribution in [0.5, 0.6) is 0 Å². The molecule has 3 aromatic heterocycles. The Morgan fingerprint density at radius 2 is 1.96 bits per heavy atom. The van der Waals surface area contributed by atoms with Gasteiger partial charge in [0.15, 0.2) is 11.6 Å². The highest BCUT2D eigenvalue weighted by Crippen LogP contribution is 2.38. The maximum atomic E-state index is 12.3. The molecule has 4 heterocycles. The zero-order valence-electron chi connectivity index (χ0n) is 14.1. The zero-order chi connectivity index (χ0) is 17.7. The number of carbonyl (C=O) groups excluding carboxylic acids is 1. The first-order valence-corrected chi connectivity index (χ1v) is 8.43. The fourth-order valence-corrected chi connectivity index (χ4v) is 3.14. The van der Waals surface area contributed by atoms with Gasteiger partial charge in [-0.1, -0.05) is 0 Å². The van der Waals surface area contributed by atoms with Crippen molar-refractivity contribution in [2.45, 2.75) is 18.9 Å². The van der Waals surface area contributed by atoms with Crippen molar-refractivity contribution >= 4 is 17.4 Å². The molecule has 0 N–H and O–H groups in total. The molecule has 9 heteroatoms. The molecule has 0 spiro atoms. The minimum atomic E-state index is 0.0589. The predicted molar refractivity (Wildman–Crippen MR) is 94.0 cm³/mol. The predicted octanol–water partition coefficient (Wildman–Crippen LogP) is 1.06. The van der Waals surface area contributed by atoms with E-state index in [9.17, 15) is 4.79 Å². The Balaban J connectivity index is 1.62. The van der Waals surface area contributed by atoms with Gasteiger partial charge < -0.3 is 9.80 Å². The van der Waals surface area contributed by atoms with Gasteiger partial charge in [0.25, 0.3) is 0 Å². The van der Waals surface area contributed by atoms with Crippen LogP contribution in [0.15, 0.2) is 37.2 Å². The SMILES string of the molecule is CN1C(=O)CN(C2CC2)c2nc(-n3ccnc3-c3cnccn3)ncc21. The minimum Gasteiger partial charge on any atom is -0.342 e. The van der Waals surface area contributed by atoms with Crippen LogP contribution in [0.25, 0.3) is 17.5 Å². The van der Waals surface area contributed by atoms with Gasteiger partial charge in [0.2, 0.25) is 11.9 Å². The molecule has 0 saturated heterocycles. The van der Waals surface area contributed by atoms with Crippen LogP contribution in [0.1, 0.15) is 12.8 Å². The summed E-state index contributed by atoms with van der Waals surface area (Å²) >= 11 is 0. The van der Waals surface area contributed by atoms with Crippen molar-refractivity contribution in [2.24, 2.45) is 0 Å². The first-order valence-electron chi connectivity index (χ1n) is 8.43. The Morgan fingerprint density at radius 1 is 1.08 bits per heavy atom. The molecule has 1 amide bonds. The molecule has 2 aliphatic rings. The number of imidazole rings is 1. The van der Waals surface area contributed by atoms with Crippen molar-refractivity contribution in [1.29, 1.82) is 0 Å². The Morgan fingerprint density at radius 3 is 2.73 bits per heavy atom. The summed E-state index contributed by atoms with van der Waals surface area (Å²) in [4.78, 5) is 38.0. The van der Waals surface area contributed by atoms with Gasteiger partial charge in [-0.3, -0.25) is 14.3 Å². The Hall–Kier alpha value is -3.36. The molecule has 0 radical (unpaired) electrons. The van der Waals surface area contributed by atoms with Crippen molar-refractivity contribution in [1.82, 2.24) is 29.5 Å². The van der Waals surface area contributed by atoms with Crippen LogP contribution in [0.2, 0.25) is 0 Å². The molecule has 0 bridgehead atoms. The van der Waals surface area contributed by atoms with Gasteiger partial charge in [-0.15, -0.1) is 0 Å². The van der Waals surface area contributed by atoms with E-state index in [4.69, 9.17) is 4.98 Å². The number of hydrogen-bond acceptors (Lipinski definition) is 7. The summed E-state index contributed by atoms with van der Waals surface area (Å²) in [5, 5.41) is 0. The molecule has 1 fully saturated rings. The third-order valence-corrected chi connectivity index (χ3v) is 4.69. The second-order valence-corrected chi connectivity index (χ2v) is 6.40. The summed E-state index contributed by atoms with van der Waals surface area (Å²) in [6.07, 6.45) is 12.2. The molecule has 1 saturated carbocycles. The highest BCUT2D eigenvalue weighted by molar-refractivity contribution is 6.02.